The molecule has 0 bridgehead atoms. The fraction of sp³-hybridized carbons (Fsp3) is 0.364. The summed E-state index contributed by atoms with van der Waals surface area (Å²) in [4.78, 5) is 20.8. The van der Waals surface area contributed by atoms with Crippen molar-refractivity contribution in [2.45, 2.75) is 24.6 Å². The lowest BCUT2D eigenvalue weighted by atomic mass is 10.1. The number of hydrogen-bond donors (Lipinski definition) is 2. The third kappa shape index (κ3) is 2.38. The lowest BCUT2D eigenvalue weighted by Crippen LogP contribution is -2.39. The maximum Gasteiger partial charge on any atom is 0.411 e. The molecule has 0 heterocycles. The first-order valence-electron chi connectivity index (χ1n) is 5.53. The summed E-state index contributed by atoms with van der Waals surface area (Å²) in [6.45, 7) is 0. The Hall–Kier alpha value is -2.32. The van der Waals surface area contributed by atoms with Crippen molar-refractivity contribution >= 4 is 17.3 Å². The van der Waals surface area contributed by atoms with Crippen molar-refractivity contribution in [2.75, 3.05) is 5.32 Å². The molecule has 20 heavy (non-hydrogen) atoms. The summed E-state index contributed by atoms with van der Waals surface area (Å²) in [5, 5.41) is 21.6. The topological polar surface area (TPSA) is 92.5 Å². The van der Waals surface area contributed by atoms with Gasteiger partial charge in [0.15, 0.2) is 0 Å². The van der Waals surface area contributed by atoms with Crippen LogP contribution in [0.25, 0.3) is 0 Å². The number of nitrogens with one attached hydrogen (secondary N) is 1. The first-order chi connectivity index (χ1) is 9.16. The second kappa shape index (κ2) is 4.36. The highest BCUT2D eigenvalue weighted by molar-refractivity contribution is 5.95. The van der Waals surface area contributed by atoms with Gasteiger partial charge in [-0.3, -0.25) is 10.1 Å². The summed E-state index contributed by atoms with van der Waals surface area (Å²) in [5.41, 5.74) is -3.50. The largest absolute Gasteiger partial charge is 0.478 e. The summed E-state index contributed by atoms with van der Waals surface area (Å²) in [6.07, 6.45) is -4.94. The summed E-state index contributed by atoms with van der Waals surface area (Å²) >= 11 is 0. The molecule has 2 N–H and O–H groups in total. The smallest absolute Gasteiger partial charge is 0.411 e. The second-order valence-corrected chi connectivity index (χ2v) is 4.50. The van der Waals surface area contributed by atoms with Gasteiger partial charge in [-0.2, -0.15) is 13.2 Å². The van der Waals surface area contributed by atoms with Gasteiger partial charge in [0, 0.05) is 12.1 Å². The molecule has 0 aliphatic heterocycles. The van der Waals surface area contributed by atoms with Crippen LogP contribution in [-0.2, 0) is 0 Å². The van der Waals surface area contributed by atoms with Gasteiger partial charge in [0.2, 0.25) is 0 Å². The van der Waals surface area contributed by atoms with Gasteiger partial charge in [0.1, 0.15) is 5.54 Å². The third-order valence-electron chi connectivity index (χ3n) is 3.11. The van der Waals surface area contributed by atoms with Crippen molar-refractivity contribution in [1.82, 2.24) is 0 Å². The third-order valence-corrected chi connectivity index (χ3v) is 3.11. The van der Waals surface area contributed by atoms with E-state index < -0.39 is 39.5 Å². The number of anilines is 1. The highest BCUT2D eigenvalue weighted by atomic mass is 19.4. The zero-order chi connectivity index (χ0) is 15.1. The average Bonchev–Trinajstić information content (AvgIpc) is 3.08. The average molecular weight is 290 g/mol. The first kappa shape index (κ1) is 14.1. The van der Waals surface area contributed by atoms with Crippen molar-refractivity contribution in [2.24, 2.45) is 0 Å². The van der Waals surface area contributed by atoms with Crippen molar-refractivity contribution in [3.63, 3.8) is 0 Å². The molecule has 1 aliphatic rings. The Bertz CT molecular complexity index is 582. The van der Waals surface area contributed by atoms with Gasteiger partial charge >= 0.3 is 12.1 Å². The molecule has 0 amide bonds. The van der Waals surface area contributed by atoms with Gasteiger partial charge in [0.05, 0.1) is 16.2 Å². The van der Waals surface area contributed by atoms with E-state index >= 15 is 0 Å². The SMILES string of the molecule is O=C(O)c1ccc([N+](=O)[O-])cc1NC1(C(F)(F)F)CC1. The fourth-order valence-electron chi connectivity index (χ4n) is 1.80. The number of non-ortho nitro benzene ring substituents is 1. The number of hydrogen-bond acceptors (Lipinski definition) is 4. The highest BCUT2D eigenvalue weighted by Gasteiger charge is 2.63. The molecule has 1 fully saturated rings. The maximum atomic E-state index is 12.8. The predicted molar refractivity (Wildman–Crippen MR) is 61.7 cm³/mol. The van der Waals surface area contributed by atoms with E-state index in [0.717, 1.165) is 18.2 Å². The van der Waals surface area contributed by atoms with Crippen LogP contribution in [-0.4, -0.2) is 27.7 Å². The number of nitro groups is 1. The first-order valence-corrected chi connectivity index (χ1v) is 5.53. The molecule has 6 nitrogen and oxygen atoms in total. The Morgan fingerprint density at radius 3 is 2.40 bits per heavy atom. The van der Waals surface area contributed by atoms with Crippen LogP contribution < -0.4 is 5.32 Å². The summed E-state index contributed by atoms with van der Waals surface area (Å²) in [6, 6.07) is 2.65. The zero-order valence-electron chi connectivity index (χ0n) is 9.90. The number of benzene rings is 1. The number of halogens is 3. The van der Waals surface area contributed by atoms with Crippen molar-refractivity contribution in [3.05, 3.63) is 33.9 Å². The molecule has 1 aromatic carbocycles. The number of carboxylic acids is 1. The van der Waals surface area contributed by atoms with E-state index in [-0.39, 0.29) is 12.8 Å². The van der Waals surface area contributed by atoms with Crippen molar-refractivity contribution in [1.29, 1.82) is 0 Å². The van der Waals surface area contributed by atoms with E-state index in [1.807, 2.05) is 0 Å². The number of rotatable bonds is 4. The second-order valence-electron chi connectivity index (χ2n) is 4.50. The number of nitrogens with zero attached hydrogens (tertiary/aromatic N) is 1. The zero-order valence-corrected chi connectivity index (χ0v) is 9.90. The lowest BCUT2D eigenvalue weighted by molar-refractivity contribution is -0.384. The minimum absolute atomic E-state index is 0.196. The Kier molecular flexibility index (Phi) is 3.07. The molecule has 1 aliphatic carbocycles. The Labute approximate surface area is 110 Å². The van der Waals surface area contributed by atoms with Gasteiger partial charge in [-0.1, -0.05) is 0 Å². The van der Waals surface area contributed by atoms with E-state index in [1.54, 1.807) is 0 Å². The highest BCUT2D eigenvalue weighted by Crippen LogP contribution is 2.51. The summed E-state index contributed by atoms with van der Waals surface area (Å²) in [7, 11) is 0. The molecule has 0 atom stereocenters. The van der Waals surface area contributed by atoms with Gasteiger partial charge in [-0.25, -0.2) is 4.79 Å². The van der Waals surface area contributed by atoms with Crippen LogP contribution in [0, 0.1) is 10.1 Å². The molecule has 9 heteroatoms. The number of aromatic carboxylic acids is 1. The summed E-state index contributed by atoms with van der Waals surface area (Å²) in [5.74, 6) is -1.46. The number of carboxylic acid groups (broad SMARTS) is 1. The van der Waals surface area contributed by atoms with Gasteiger partial charge < -0.3 is 10.4 Å². The molecule has 0 unspecified atom stereocenters. The molecule has 0 spiro atoms. The number of carbonyl (C=O) groups is 1. The van der Waals surface area contributed by atoms with Crippen LogP contribution in [0.5, 0.6) is 0 Å². The van der Waals surface area contributed by atoms with E-state index in [4.69, 9.17) is 5.11 Å². The molecule has 108 valence electrons. The van der Waals surface area contributed by atoms with Crippen LogP contribution in [0.2, 0.25) is 0 Å². The molecule has 0 radical (unpaired) electrons. The Morgan fingerprint density at radius 2 is 2.00 bits per heavy atom. The van der Waals surface area contributed by atoms with Crippen molar-refractivity contribution < 1.29 is 28.0 Å². The molecular weight excluding hydrogens is 281 g/mol. The Morgan fingerprint density at radius 1 is 1.40 bits per heavy atom. The fourth-order valence-corrected chi connectivity index (χ4v) is 1.80. The van der Waals surface area contributed by atoms with Gasteiger partial charge in [-0.05, 0) is 18.9 Å². The van der Waals surface area contributed by atoms with Crippen molar-refractivity contribution in [3.8, 4) is 0 Å². The lowest BCUT2D eigenvalue weighted by Gasteiger charge is -2.22. The quantitative estimate of drug-likeness (QED) is 0.657. The van der Waals surface area contributed by atoms with Crippen LogP contribution in [0.1, 0.15) is 23.2 Å². The van der Waals surface area contributed by atoms with Crippen LogP contribution in [0.3, 0.4) is 0 Å². The minimum atomic E-state index is -4.55. The number of alkyl halides is 3. The van der Waals surface area contributed by atoms with Crippen LogP contribution >= 0.6 is 0 Å². The molecular formula is C11H9F3N2O4. The molecule has 0 saturated heterocycles. The Balaban J connectivity index is 2.41. The molecule has 0 aromatic heterocycles. The maximum absolute atomic E-state index is 12.8. The van der Waals surface area contributed by atoms with E-state index in [0.29, 0.717) is 0 Å². The van der Waals surface area contributed by atoms with E-state index in [1.165, 1.54) is 0 Å². The van der Waals surface area contributed by atoms with E-state index in [2.05, 4.69) is 5.32 Å². The summed E-state index contributed by atoms with van der Waals surface area (Å²) < 4.78 is 38.5. The minimum Gasteiger partial charge on any atom is -0.478 e. The molecule has 1 aromatic rings. The monoisotopic (exact) mass is 290 g/mol. The van der Waals surface area contributed by atoms with Gasteiger partial charge in [0.25, 0.3) is 5.69 Å². The van der Waals surface area contributed by atoms with Crippen LogP contribution in [0.15, 0.2) is 18.2 Å². The molecule has 2 rings (SSSR count). The molecule has 1 saturated carbocycles. The standard InChI is InChI=1S/C11H9F3N2O4/c12-11(13,14)10(3-4-10)15-8-5-6(16(19)20)1-2-7(8)9(17)18/h1-2,5,15H,3-4H2,(H,17,18). The predicted octanol–water partition coefficient (Wildman–Crippen LogP) is 2.80. The normalized spacial score (nSPS) is 16.6. The van der Waals surface area contributed by atoms with E-state index in [9.17, 15) is 28.1 Å². The number of nitro benzene ring substituents is 1. The van der Waals surface area contributed by atoms with Crippen LogP contribution in [0.4, 0.5) is 24.5 Å². The van der Waals surface area contributed by atoms with Gasteiger partial charge in [-0.15, -0.1) is 0 Å².